The minimum absolute atomic E-state index is 0.445. The first-order chi connectivity index (χ1) is 8.33. The summed E-state index contributed by atoms with van der Waals surface area (Å²) in [7, 11) is 0. The van der Waals surface area contributed by atoms with Gasteiger partial charge in [0.25, 0.3) is 0 Å². The topological polar surface area (TPSA) is 47.7 Å². The zero-order chi connectivity index (χ0) is 12.5. The molecule has 4 nitrogen and oxygen atoms in total. The molecule has 0 radical (unpaired) electrons. The average molecular weight is 244 g/mol. The SMILES string of the molecule is CCOCCN(CC)C(CN)C1CCCOC1. The predicted molar refractivity (Wildman–Crippen MR) is 70.1 cm³/mol. The molecule has 0 aliphatic carbocycles. The third-order valence-electron chi connectivity index (χ3n) is 3.58. The number of ether oxygens (including phenoxy) is 2. The lowest BCUT2D eigenvalue weighted by atomic mass is 9.92. The second-order valence-corrected chi connectivity index (χ2v) is 4.61. The third-order valence-corrected chi connectivity index (χ3v) is 3.58. The fourth-order valence-electron chi connectivity index (χ4n) is 2.59. The minimum Gasteiger partial charge on any atom is -0.381 e. The Kier molecular flexibility index (Phi) is 7.77. The number of nitrogens with zero attached hydrogens (tertiary/aromatic N) is 1. The van der Waals surface area contributed by atoms with Crippen LogP contribution in [0.15, 0.2) is 0 Å². The van der Waals surface area contributed by atoms with Crippen molar-refractivity contribution in [3.8, 4) is 0 Å². The zero-order valence-corrected chi connectivity index (χ0v) is 11.4. The lowest BCUT2D eigenvalue weighted by Gasteiger charge is -2.37. The smallest absolute Gasteiger partial charge is 0.0593 e. The van der Waals surface area contributed by atoms with Gasteiger partial charge in [-0.2, -0.15) is 0 Å². The molecule has 1 aliphatic rings. The molecule has 2 atom stereocenters. The summed E-state index contributed by atoms with van der Waals surface area (Å²) in [6.45, 7) is 10.3. The molecule has 2 unspecified atom stereocenters. The van der Waals surface area contributed by atoms with Gasteiger partial charge in [-0.1, -0.05) is 6.92 Å². The predicted octanol–water partition coefficient (Wildman–Crippen LogP) is 1.10. The fraction of sp³-hybridized carbons (Fsp3) is 1.00. The van der Waals surface area contributed by atoms with Gasteiger partial charge in [-0.25, -0.2) is 0 Å². The molecule has 0 bridgehead atoms. The minimum atomic E-state index is 0.445. The number of hydrogen-bond acceptors (Lipinski definition) is 4. The highest BCUT2D eigenvalue weighted by Gasteiger charge is 2.27. The van der Waals surface area contributed by atoms with Gasteiger partial charge in [0.15, 0.2) is 0 Å². The molecule has 1 rings (SSSR count). The van der Waals surface area contributed by atoms with Crippen LogP contribution in [0, 0.1) is 5.92 Å². The van der Waals surface area contributed by atoms with Crippen molar-refractivity contribution < 1.29 is 9.47 Å². The van der Waals surface area contributed by atoms with Crippen LogP contribution in [0.25, 0.3) is 0 Å². The first-order valence-electron chi connectivity index (χ1n) is 6.93. The number of nitrogens with two attached hydrogens (primary N) is 1. The maximum absolute atomic E-state index is 5.95. The van der Waals surface area contributed by atoms with Crippen molar-refractivity contribution >= 4 is 0 Å². The van der Waals surface area contributed by atoms with Crippen molar-refractivity contribution in [3.05, 3.63) is 0 Å². The van der Waals surface area contributed by atoms with Crippen LogP contribution >= 0.6 is 0 Å². The van der Waals surface area contributed by atoms with Crippen LogP contribution in [0.5, 0.6) is 0 Å². The first-order valence-corrected chi connectivity index (χ1v) is 6.93. The zero-order valence-electron chi connectivity index (χ0n) is 11.4. The Balaban J connectivity index is 2.43. The molecule has 0 aromatic heterocycles. The summed E-state index contributed by atoms with van der Waals surface area (Å²) >= 11 is 0. The van der Waals surface area contributed by atoms with Gasteiger partial charge in [-0.3, -0.25) is 4.90 Å². The maximum atomic E-state index is 5.95. The molecule has 0 aromatic rings. The Hall–Kier alpha value is -0.160. The lowest BCUT2D eigenvalue weighted by molar-refractivity contribution is 0.00461. The molecule has 0 aromatic carbocycles. The van der Waals surface area contributed by atoms with Gasteiger partial charge in [-0.05, 0) is 32.2 Å². The molecule has 1 fully saturated rings. The highest BCUT2D eigenvalue weighted by molar-refractivity contribution is 4.81. The Bertz CT molecular complexity index is 184. The Morgan fingerprint density at radius 2 is 2.29 bits per heavy atom. The summed E-state index contributed by atoms with van der Waals surface area (Å²) in [4.78, 5) is 2.44. The van der Waals surface area contributed by atoms with Crippen LogP contribution < -0.4 is 5.73 Å². The molecule has 0 amide bonds. The normalized spacial score (nSPS) is 22.9. The van der Waals surface area contributed by atoms with Crippen LogP contribution in [-0.4, -0.2) is 57.0 Å². The van der Waals surface area contributed by atoms with Crippen molar-refractivity contribution in [3.63, 3.8) is 0 Å². The molecular weight excluding hydrogens is 216 g/mol. The number of likely N-dealkylation sites (N-methyl/N-ethyl adjacent to an activating group) is 1. The third kappa shape index (κ3) is 4.92. The van der Waals surface area contributed by atoms with Gasteiger partial charge in [0.2, 0.25) is 0 Å². The molecule has 102 valence electrons. The van der Waals surface area contributed by atoms with E-state index in [-0.39, 0.29) is 0 Å². The molecule has 0 spiro atoms. The molecular formula is C13H28N2O2. The quantitative estimate of drug-likeness (QED) is 0.650. The van der Waals surface area contributed by atoms with E-state index in [1.807, 2.05) is 6.92 Å². The Labute approximate surface area is 105 Å². The van der Waals surface area contributed by atoms with Gasteiger partial charge < -0.3 is 15.2 Å². The fourth-order valence-corrected chi connectivity index (χ4v) is 2.59. The molecule has 2 N–H and O–H groups in total. The van der Waals surface area contributed by atoms with Crippen molar-refractivity contribution in [1.29, 1.82) is 0 Å². The Morgan fingerprint density at radius 3 is 2.82 bits per heavy atom. The second kappa shape index (κ2) is 8.86. The van der Waals surface area contributed by atoms with Crippen LogP contribution in [0.4, 0.5) is 0 Å². The van der Waals surface area contributed by atoms with Gasteiger partial charge in [-0.15, -0.1) is 0 Å². The number of rotatable bonds is 8. The Morgan fingerprint density at radius 1 is 1.47 bits per heavy atom. The first kappa shape index (κ1) is 14.9. The van der Waals surface area contributed by atoms with E-state index in [4.69, 9.17) is 15.2 Å². The van der Waals surface area contributed by atoms with Crippen LogP contribution in [-0.2, 0) is 9.47 Å². The van der Waals surface area contributed by atoms with E-state index in [0.29, 0.717) is 18.5 Å². The van der Waals surface area contributed by atoms with Crippen LogP contribution in [0.2, 0.25) is 0 Å². The van der Waals surface area contributed by atoms with Gasteiger partial charge in [0.1, 0.15) is 0 Å². The van der Waals surface area contributed by atoms with Gasteiger partial charge >= 0.3 is 0 Å². The highest BCUT2D eigenvalue weighted by atomic mass is 16.5. The molecule has 1 saturated heterocycles. The molecule has 4 heteroatoms. The average Bonchev–Trinajstić information content (AvgIpc) is 2.39. The van der Waals surface area contributed by atoms with Gasteiger partial charge in [0.05, 0.1) is 13.2 Å². The van der Waals surface area contributed by atoms with Crippen LogP contribution in [0.3, 0.4) is 0 Å². The largest absolute Gasteiger partial charge is 0.381 e. The summed E-state index contributed by atoms with van der Waals surface area (Å²) in [6.07, 6.45) is 2.41. The monoisotopic (exact) mass is 244 g/mol. The standard InChI is InChI=1S/C13H28N2O2/c1-3-15(7-9-16-4-2)13(10-14)12-6-5-8-17-11-12/h12-13H,3-11,14H2,1-2H3. The molecule has 1 aliphatic heterocycles. The lowest BCUT2D eigenvalue weighted by Crippen LogP contribution is -2.49. The number of hydrogen-bond donors (Lipinski definition) is 1. The molecule has 0 saturated carbocycles. The van der Waals surface area contributed by atoms with Crippen molar-refractivity contribution in [2.45, 2.75) is 32.7 Å². The van der Waals surface area contributed by atoms with Crippen LogP contribution in [0.1, 0.15) is 26.7 Å². The van der Waals surface area contributed by atoms with E-state index in [2.05, 4.69) is 11.8 Å². The van der Waals surface area contributed by atoms with Gasteiger partial charge in [0, 0.05) is 32.3 Å². The summed E-state index contributed by atoms with van der Waals surface area (Å²) < 4.78 is 11.0. The van der Waals surface area contributed by atoms with E-state index >= 15 is 0 Å². The van der Waals surface area contributed by atoms with E-state index in [9.17, 15) is 0 Å². The summed E-state index contributed by atoms with van der Waals surface area (Å²) in [6, 6.07) is 0.445. The van der Waals surface area contributed by atoms with Crippen molar-refractivity contribution in [2.75, 3.05) is 46.1 Å². The summed E-state index contributed by atoms with van der Waals surface area (Å²) in [5.41, 5.74) is 5.95. The van der Waals surface area contributed by atoms with E-state index in [1.54, 1.807) is 0 Å². The van der Waals surface area contributed by atoms with Crippen molar-refractivity contribution in [1.82, 2.24) is 4.90 Å². The summed E-state index contributed by atoms with van der Waals surface area (Å²) in [5, 5.41) is 0. The molecule has 1 heterocycles. The van der Waals surface area contributed by atoms with Crippen molar-refractivity contribution in [2.24, 2.45) is 11.7 Å². The second-order valence-electron chi connectivity index (χ2n) is 4.61. The van der Waals surface area contributed by atoms with E-state index < -0.39 is 0 Å². The molecule has 17 heavy (non-hydrogen) atoms. The van der Waals surface area contributed by atoms with E-state index in [0.717, 1.165) is 39.5 Å². The maximum Gasteiger partial charge on any atom is 0.0593 e. The van der Waals surface area contributed by atoms with E-state index in [1.165, 1.54) is 12.8 Å². The summed E-state index contributed by atoms with van der Waals surface area (Å²) in [5.74, 6) is 0.593. The highest BCUT2D eigenvalue weighted by Crippen LogP contribution is 2.20.